The Labute approximate surface area is 111 Å². The van der Waals surface area contributed by atoms with Crippen molar-refractivity contribution in [1.82, 2.24) is 0 Å². The van der Waals surface area contributed by atoms with Gasteiger partial charge in [-0.05, 0) is 42.0 Å². The normalized spacial score (nSPS) is 11.8. The smallest absolute Gasteiger partial charge is 0.119 e. The Morgan fingerprint density at radius 1 is 1.22 bits per heavy atom. The Hall–Kier alpha value is -1.74. The van der Waals surface area contributed by atoms with Gasteiger partial charge in [0, 0.05) is 0 Å². The van der Waals surface area contributed by atoms with Crippen molar-refractivity contribution in [1.29, 1.82) is 0 Å². The van der Waals surface area contributed by atoms with E-state index in [4.69, 9.17) is 22.1 Å². The molecule has 0 amide bonds. The number of alkyl halides is 1. The topological polar surface area (TPSA) is 47.6 Å². The molecule has 0 bridgehead atoms. The standard InChI is InChI=1S/C14H15ClN2O/c1-2-18-13-6-4-10-7-12(17-14(16)9-15)5-3-11(10)8-13/h3-8H,2,9H2,1H3,(H2,16,17). The van der Waals surface area contributed by atoms with Crippen LogP contribution in [-0.4, -0.2) is 18.3 Å². The first-order valence-corrected chi connectivity index (χ1v) is 6.32. The molecule has 0 radical (unpaired) electrons. The lowest BCUT2D eigenvalue weighted by Gasteiger charge is -2.05. The van der Waals surface area contributed by atoms with E-state index < -0.39 is 0 Å². The maximum Gasteiger partial charge on any atom is 0.119 e. The summed E-state index contributed by atoms with van der Waals surface area (Å²) in [4.78, 5) is 4.22. The Morgan fingerprint density at radius 2 is 1.94 bits per heavy atom. The number of benzene rings is 2. The van der Waals surface area contributed by atoms with Gasteiger partial charge in [-0.1, -0.05) is 12.1 Å². The lowest BCUT2D eigenvalue weighted by atomic mass is 10.1. The van der Waals surface area contributed by atoms with Gasteiger partial charge in [0.1, 0.15) is 11.6 Å². The molecule has 0 atom stereocenters. The fourth-order valence-electron chi connectivity index (χ4n) is 1.73. The van der Waals surface area contributed by atoms with Crippen molar-refractivity contribution in [3.05, 3.63) is 36.4 Å². The van der Waals surface area contributed by atoms with Gasteiger partial charge in [0.25, 0.3) is 0 Å². The summed E-state index contributed by atoms with van der Waals surface area (Å²) in [5, 5.41) is 2.21. The van der Waals surface area contributed by atoms with Crippen LogP contribution in [-0.2, 0) is 0 Å². The van der Waals surface area contributed by atoms with Crippen molar-refractivity contribution in [2.45, 2.75) is 6.92 Å². The van der Waals surface area contributed by atoms with Gasteiger partial charge in [-0.2, -0.15) is 0 Å². The summed E-state index contributed by atoms with van der Waals surface area (Å²) in [5.41, 5.74) is 6.42. The molecule has 0 spiro atoms. The molecule has 18 heavy (non-hydrogen) atoms. The van der Waals surface area contributed by atoms with Crippen molar-refractivity contribution < 1.29 is 4.74 Å². The number of fused-ring (bicyclic) bond motifs is 1. The predicted octanol–water partition coefficient (Wildman–Crippen LogP) is 3.47. The number of nitrogens with zero attached hydrogens (tertiary/aromatic N) is 1. The molecule has 0 fully saturated rings. The van der Waals surface area contributed by atoms with Crippen LogP contribution in [0, 0.1) is 0 Å². The van der Waals surface area contributed by atoms with Crippen LogP contribution in [0.3, 0.4) is 0 Å². The van der Waals surface area contributed by atoms with Crippen molar-refractivity contribution in [2.75, 3.05) is 12.5 Å². The molecule has 2 rings (SSSR count). The van der Waals surface area contributed by atoms with E-state index in [1.807, 2.05) is 43.3 Å². The molecule has 2 aromatic rings. The van der Waals surface area contributed by atoms with E-state index in [1.54, 1.807) is 0 Å². The Balaban J connectivity index is 2.38. The summed E-state index contributed by atoms with van der Waals surface area (Å²) in [5.74, 6) is 1.53. The second-order valence-corrected chi connectivity index (χ2v) is 4.13. The SMILES string of the molecule is CCOc1ccc2cc(N=C(N)CCl)ccc2c1. The molecule has 2 aromatic carbocycles. The van der Waals surface area contributed by atoms with Crippen LogP contribution in [0.1, 0.15) is 6.92 Å². The Kier molecular flexibility index (Phi) is 4.05. The second kappa shape index (κ2) is 5.74. The monoisotopic (exact) mass is 262 g/mol. The number of nitrogens with two attached hydrogens (primary N) is 1. The summed E-state index contributed by atoms with van der Waals surface area (Å²) < 4.78 is 5.46. The van der Waals surface area contributed by atoms with Crippen LogP contribution in [0.5, 0.6) is 5.75 Å². The van der Waals surface area contributed by atoms with Crippen LogP contribution in [0.15, 0.2) is 41.4 Å². The third kappa shape index (κ3) is 2.93. The van der Waals surface area contributed by atoms with E-state index >= 15 is 0 Å². The molecule has 4 heteroatoms. The number of amidine groups is 1. The van der Waals surface area contributed by atoms with Crippen molar-refractivity contribution in [2.24, 2.45) is 10.7 Å². The first-order chi connectivity index (χ1) is 8.72. The molecule has 0 saturated carbocycles. The van der Waals surface area contributed by atoms with Gasteiger partial charge in [0.15, 0.2) is 0 Å². The fourth-order valence-corrected chi connectivity index (χ4v) is 1.79. The average molecular weight is 263 g/mol. The first kappa shape index (κ1) is 12.7. The molecular weight excluding hydrogens is 248 g/mol. The van der Waals surface area contributed by atoms with Crippen molar-refractivity contribution in [3.8, 4) is 5.75 Å². The van der Waals surface area contributed by atoms with E-state index in [-0.39, 0.29) is 5.88 Å². The first-order valence-electron chi connectivity index (χ1n) is 5.78. The van der Waals surface area contributed by atoms with E-state index in [9.17, 15) is 0 Å². The van der Waals surface area contributed by atoms with Crippen LogP contribution < -0.4 is 10.5 Å². The molecule has 3 nitrogen and oxygen atoms in total. The maximum absolute atomic E-state index is 5.61. The summed E-state index contributed by atoms with van der Waals surface area (Å²) in [6.07, 6.45) is 0. The minimum absolute atomic E-state index is 0.237. The number of halogens is 1. The highest BCUT2D eigenvalue weighted by Gasteiger charge is 1.99. The highest BCUT2D eigenvalue weighted by atomic mass is 35.5. The highest BCUT2D eigenvalue weighted by molar-refractivity contribution is 6.28. The summed E-state index contributed by atoms with van der Waals surface area (Å²) in [7, 11) is 0. The molecule has 2 N–H and O–H groups in total. The lowest BCUT2D eigenvalue weighted by molar-refractivity contribution is 0.341. The zero-order valence-electron chi connectivity index (χ0n) is 10.2. The lowest BCUT2D eigenvalue weighted by Crippen LogP contribution is -2.12. The molecule has 0 saturated heterocycles. The second-order valence-electron chi connectivity index (χ2n) is 3.86. The van der Waals surface area contributed by atoms with Gasteiger partial charge < -0.3 is 10.5 Å². The van der Waals surface area contributed by atoms with E-state index in [0.29, 0.717) is 12.4 Å². The molecule has 0 aliphatic rings. The van der Waals surface area contributed by atoms with Gasteiger partial charge in [0.2, 0.25) is 0 Å². The Bertz CT molecular complexity index is 581. The predicted molar refractivity (Wildman–Crippen MR) is 77.1 cm³/mol. The number of ether oxygens (including phenoxy) is 1. The minimum Gasteiger partial charge on any atom is -0.494 e. The van der Waals surface area contributed by atoms with E-state index in [1.165, 1.54) is 0 Å². The number of hydrogen-bond donors (Lipinski definition) is 1. The largest absolute Gasteiger partial charge is 0.494 e. The molecule has 0 heterocycles. The molecule has 94 valence electrons. The third-order valence-electron chi connectivity index (χ3n) is 2.52. The van der Waals surface area contributed by atoms with Gasteiger partial charge in [-0.3, -0.25) is 0 Å². The van der Waals surface area contributed by atoms with Gasteiger partial charge >= 0.3 is 0 Å². The maximum atomic E-state index is 5.61. The van der Waals surface area contributed by atoms with Gasteiger partial charge in [0.05, 0.1) is 18.2 Å². The third-order valence-corrected chi connectivity index (χ3v) is 2.79. The highest BCUT2D eigenvalue weighted by Crippen LogP contribution is 2.25. The quantitative estimate of drug-likeness (QED) is 0.521. The van der Waals surface area contributed by atoms with Crippen LogP contribution in [0.2, 0.25) is 0 Å². The molecule has 0 unspecified atom stereocenters. The average Bonchev–Trinajstić information content (AvgIpc) is 2.39. The molecular formula is C14H15ClN2O. The zero-order chi connectivity index (χ0) is 13.0. The molecule has 0 aliphatic carbocycles. The molecule has 0 aromatic heterocycles. The van der Waals surface area contributed by atoms with Crippen molar-refractivity contribution in [3.63, 3.8) is 0 Å². The van der Waals surface area contributed by atoms with Crippen LogP contribution in [0.25, 0.3) is 10.8 Å². The molecule has 0 aliphatic heterocycles. The van der Waals surface area contributed by atoms with Crippen LogP contribution in [0.4, 0.5) is 5.69 Å². The van der Waals surface area contributed by atoms with E-state index in [0.717, 1.165) is 22.2 Å². The summed E-state index contributed by atoms with van der Waals surface area (Å²) >= 11 is 5.60. The van der Waals surface area contributed by atoms with Crippen molar-refractivity contribution >= 4 is 33.9 Å². The zero-order valence-corrected chi connectivity index (χ0v) is 10.9. The van der Waals surface area contributed by atoms with Gasteiger partial charge in [-0.25, -0.2) is 4.99 Å². The number of rotatable bonds is 4. The minimum atomic E-state index is 0.237. The summed E-state index contributed by atoms with van der Waals surface area (Å²) in [6.45, 7) is 2.64. The summed E-state index contributed by atoms with van der Waals surface area (Å²) in [6, 6.07) is 11.9. The number of aliphatic imine (C=N–C) groups is 1. The Morgan fingerprint density at radius 3 is 2.67 bits per heavy atom. The van der Waals surface area contributed by atoms with Gasteiger partial charge in [-0.15, -0.1) is 11.6 Å². The van der Waals surface area contributed by atoms with Crippen LogP contribution >= 0.6 is 11.6 Å². The fraction of sp³-hybridized carbons (Fsp3) is 0.214. The number of hydrogen-bond acceptors (Lipinski definition) is 2. The van der Waals surface area contributed by atoms with E-state index in [2.05, 4.69) is 4.99 Å².